The average Bonchev–Trinajstić information content (AvgIpc) is 2.42. The SMILES string of the molecule is CCC[NH+]1CCC(O)(c2cccc(SC)c2)CC1. The van der Waals surface area contributed by atoms with Gasteiger partial charge in [-0.05, 0) is 30.4 Å². The van der Waals surface area contributed by atoms with E-state index in [1.54, 1.807) is 16.7 Å². The van der Waals surface area contributed by atoms with E-state index in [0.717, 1.165) is 31.5 Å². The molecular weight excluding hydrogens is 242 g/mol. The van der Waals surface area contributed by atoms with Crippen LogP contribution in [-0.4, -0.2) is 31.0 Å². The lowest BCUT2D eigenvalue weighted by molar-refractivity contribution is -0.907. The van der Waals surface area contributed by atoms with Crippen molar-refractivity contribution in [2.24, 2.45) is 0 Å². The molecule has 18 heavy (non-hydrogen) atoms. The molecule has 0 aliphatic carbocycles. The Morgan fingerprint density at radius 2 is 2.06 bits per heavy atom. The Bertz CT molecular complexity index is 386. The van der Waals surface area contributed by atoms with Crippen LogP contribution in [-0.2, 0) is 5.60 Å². The van der Waals surface area contributed by atoms with Gasteiger partial charge in [-0.1, -0.05) is 19.1 Å². The zero-order chi connectivity index (χ0) is 13.0. The van der Waals surface area contributed by atoms with E-state index in [1.165, 1.54) is 17.9 Å². The maximum atomic E-state index is 10.8. The number of piperidine rings is 1. The number of aliphatic hydroxyl groups is 1. The minimum Gasteiger partial charge on any atom is -0.385 e. The molecule has 1 fully saturated rings. The van der Waals surface area contributed by atoms with Crippen LogP contribution >= 0.6 is 11.8 Å². The van der Waals surface area contributed by atoms with Crippen molar-refractivity contribution < 1.29 is 10.0 Å². The molecule has 100 valence electrons. The van der Waals surface area contributed by atoms with Gasteiger partial charge in [-0.2, -0.15) is 0 Å². The van der Waals surface area contributed by atoms with Crippen LogP contribution in [0.2, 0.25) is 0 Å². The van der Waals surface area contributed by atoms with Crippen molar-refractivity contribution in [2.75, 3.05) is 25.9 Å². The van der Waals surface area contributed by atoms with Crippen LogP contribution in [0, 0.1) is 0 Å². The van der Waals surface area contributed by atoms with Gasteiger partial charge in [0.1, 0.15) is 5.60 Å². The summed E-state index contributed by atoms with van der Waals surface area (Å²) in [4.78, 5) is 2.88. The number of nitrogens with one attached hydrogen (secondary N) is 1. The molecule has 0 spiro atoms. The standard InChI is InChI=1S/C15H23NOS/c1-3-9-16-10-7-15(17,8-11-16)13-5-4-6-14(12-13)18-2/h4-6,12,17H,3,7-11H2,1-2H3/p+1. The van der Waals surface area contributed by atoms with Gasteiger partial charge in [0.2, 0.25) is 0 Å². The molecular formula is C15H24NOS+. The zero-order valence-electron chi connectivity index (χ0n) is 11.4. The Labute approximate surface area is 114 Å². The molecule has 0 unspecified atom stereocenters. The number of benzene rings is 1. The maximum Gasteiger partial charge on any atom is 0.100 e. The van der Waals surface area contributed by atoms with Crippen molar-refractivity contribution in [3.05, 3.63) is 29.8 Å². The number of hydrogen-bond donors (Lipinski definition) is 2. The molecule has 2 rings (SSSR count). The molecule has 0 radical (unpaired) electrons. The van der Waals surface area contributed by atoms with Gasteiger partial charge < -0.3 is 10.0 Å². The summed E-state index contributed by atoms with van der Waals surface area (Å²) in [6.07, 6.45) is 5.09. The van der Waals surface area contributed by atoms with E-state index >= 15 is 0 Å². The molecule has 0 saturated carbocycles. The van der Waals surface area contributed by atoms with Gasteiger partial charge in [0, 0.05) is 17.7 Å². The number of likely N-dealkylation sites (tertiary alicyclic amines) is 1. The van der Waals surface area contributed by atoms with E-state index < -0.39 is 5.60 Å². The van der Waals surface area contributed by atoms with Gasteiger partial charge in [-0.15, -0.1) is 11.8 Å². The van der Waals surface area contributed by atoms with Crippen LogP contribution in [0.1, 0.15) is 31.7 Å². The Hall–Kier alpha value is -0.510. The number of rotatable bonds is 4. The van der Waals surface area contributed by atoms with Crippen molar-refractivity contribution in [2.45, 2.75) is 36.7 Å². The smallest absolute Gasteiger partial charge is 0.100 e. The highest BCUT2D eigenvalue weighted by molar-refractivity contribution is 7.98. The van der Waals surface area contributed by atoms with Crippen LogP contribution in [0.5, 0.6) is 0 Å². The van der Waals surface area contributed by atoms with Gasteiger partial charge in [0.25, 0.3) is 0 Å². The zero-order valence-corrected chi connectivity index (χ0v) is 12.2. The Morgan fingerprint density at radius 1 is 1.33 bits per heavy atom. The van der Waals surface area contributed by atoms with E-state index in [1.807, 2.05) is 0 Å². The molecule has 1 aromatic carbocycles. The van der Waals surface area contributed by atoms with Crippen molar-refractivity contribution >= 4 is 11.8 Å². The highest BCUT2D eigenvalue weighted by Crippen LogP contribution is 2.31. The minimum absolute atomic E-state index is 0.594. The largest absolute Gasteiger partial charge is 0.385 e. The summed E-state index contributed by atoms with van der Waals surface area (Å²) in [7, 11) is 0. The topological polar surface area (TPSA) is 24.7 Å². The van der Waals surface area contributed by atoms with Crippen LogP contribution in [0.25, 0.3) is 0 Å². The third kappa shape index (κ3) is 3.08. The maximum absolute atomic E-state index is 10.8. The summed E-state index contributed by atoms with van der Waals surface area (Å²) >= 11 is 1.74. The second kappa shape index (κ2) is 6.09. The van der Waals surface area contributed by atoms with E-state index in [-0.39, 0.29) is 0 Å². The fourth-order valence-electron chi connectivity index (χ4n) is 2.82. The number of thioether (sulfide) groups is 1. The monoisotopic (exact) mass is 266 g/mol. The van der Waals surface area contributed by atoms with E-state index in [4.69, 9.17) is 0 Å². The molecule has 1 aliphatic heterocycles. The van der Waals surface area contributed by atoms with Gasteiger partial charge in [-0.25, -0.2) is 0 Å². The van der Waals surface area contributed by atoms with Crippen LogP contribution in [0.15, 0.2) is 29.2 Å². The highest BCUT2D eigenvalue weighted by atomic mass is 32.2. The predicted molar refractivity (Wildman–Crippen MR) is 77.2 cm³/mol. The van der Waals surface area contributed by atoms with Crippen LogP contribution < -0.4 is 4.90 Å². The first-order chi connectivity index (χ1) is 8.68. The normalized spacial score (nSPS) is 28.3. The Morgan fingerprint density at radius 3 is 2.67 bits per heavy atom. The quantitative estimate of drug-likeness (QED) is 0.811. The molecule has 0 aromatic heterocycles. The van der Waals surface area contributed by atoms with E-state index in [2.05, 4.69) is 37.4 Å². The van der Waals surface area contributed by atoms with Crippen molar-refractivity contribution in [1.29, 1.82) is 0 Å². The lowest BCUT2D eigenvalue weighted by atomic mass is 9.84. The first-order valence-corrected chi connectivity index (χ1v) is 8.11. The third-order valence-corrected chi connectivity index (χ3v) is 4.72. The Kier molecular flexibility index (Phi) is 4.71. The van der Waals surface area contributed by atoms with Gasteiger partial charge in [0.15, 0.2) is 0 Å². The van der Waals surface area contributed by atoms with Crippen LogP contribution in [0.4, 0.5) is 0 Å². The van der Waals surface area contributed by atoms with E-state index in [0.29, 0.717) is 0 Å². The molecule has 1 aliphatic rings. The second-order valence-electron chi connectivity index (χ2n) is 5.26. The molecule has 2 nitrogen and oxygen atoms in total. The summed E-state index contributed by atoms with van der Waals surface area (Å²) in [5.41, 5.74) is 0.507. The third-order valence-electron chi connectivity index (χ3n) is 3.99. The second-order valence-corrected chi connectivity index (χ2v) is 6.14. The summed E-state index contributed by atoms with van der Waals surface area (Å²) < 4.78 is 0. The summed E-state index contributed by atoms with van der Waals surface area (Å²) in [5.74, 6) is 0. The molecule has 2 N–H and O–H groups in total. The summed E-state index contributed by atoms with van der Waals surface area (Å²) in [5, 5.41) is 10.8. The molecule has 0 atom stereocenters. The van der Waals surface area contributed by atoms with Crippen molar-refractivity contribution in [3.8, 4) is 0 Å². The first kappa shape index (κ1) is 13.9. The average molecular weight is 266 g/mol. The number of quaternary nitrogens is 1. The van der Waals surface area contributed by atoms with Gasteiger partial charge in [0.05, 0.1) is 19.6 Å². The lowest BCUT2D eigenvalue weighted by Crippen LogP contribution is -3.13. The fourth-order valence-corrected chi connectivity index (χ4v) is 3.28. The van der Waals surface area contributed by atoms with Gasteiger partial charge in [-0.3, -0.25) is 0 Å². The summed E-state index contributed by atoms with van der Waals surface area (Å²) in [6, 6.07) is 8.39. The fraction of sp³-hybridized carbons (Fsp3) is 0.600. The van der Waals surface area contributed by atoms with Crippen molar-refractivity contribution in [3.63, 3.8) is 0 Å². The molecule has 1 heterocycles. The predicted octanol–water partition coefficient (Wildman–Crippen LogP) is 1.68. The molecule has 0 bridgehead atoms. The minimum atomic E-state index is -0.594. The summed E-state index contributed by atoms with van der Waals surface area (Å²) in [6.45, 7) is 5.65. The molecule has 1 saturated heterocycles. The first-order valence-electron chi connectivity index (χ1n) is 6.88. The molecule has 1 aromatic rings. The molecule has 0 amide bonds. The van der Waals surface area contributed by atoms with Crippen molar-refractivity contribution in [1.82, 2.24) is 0 Å². The Balaban J connectivity index is 2.08. The van der Waals surface area contributed by atoms with Crippen LogP contribution in [0.3, 0.4) is 0 Å². The number of hydrogen-bond acceptors (Lipinski definition) is 2. The molecule has 3 heteroatoms. The van der Waals surface area contributed by atoms with E-state index in [9.17, 15) is 5.11 Å². The highest BCUT2D eigenvalue weighted by Gasteiger charge is 2.35. The van der Waals surface area contributed by atoms with Gasteiger partial charge >= 0.3 is 0 Å². The lowest BCUT2D eigenvalue weighted by Gasteiger charge is -2.36.